The van der Waals surface area contributed by atoms with Gasteiger partial charge >= 0.3 is 0 Å². The Kier molecular flexibility index (Phi) is 6.43. The number of fused-ring (bicyclic) bond motifs is 1. The monoisotopic (exact) mass is 490 g/mol. The lowest BCUT2D eigenvalue weighted by atomic mass is 10.1. The zero-order valence-corrected chi connectivity index (χ0v) is 18.6. The maximum absolute atomic E-state index is 14.7. The quantitative estimate of drug-likeness (QED) is 0.518. The molecule has 178 valence electrons. The van der Waals surface area contributed by atoms with E-state index in [1.807, 2.05) is 0 Å². The normalized spacial score (nSPS) is 17.8. The molecular weight excluding hydrogens is 470 g/mol. The van der Waals surface area contributed by atoms with Gasteiger partial charge in [-0.1, -0.05) is 28.2 Å². The molecule has 4 rings (SSSR count). The van der Waals surface area contributed by atoms with E-state index in [0.717, 1.165) is 4.90 Å². The third-order valence-corrected chi connectivity index (χ3v) is 5.98. The van der Waals surface area contributed by atoms with Crippen LogP contribution in [0.15, 0.2) is 48.7 Å². The minimum atomic E-state index is -1.49. The first kappa shape index (κ1) is 23.5. The summed E-state index contributed by atoms with van der Waals surface area (Å²) < 4.78 is 30.3. The molecule has 3 amide bonds. The first-order valence-electron chi connectivity index (χ1n) is 10.4. The van der Waals surface area contributed by atoms with Crippen LogP contribution in [0, 0.1) is 0 Å². The molecule has 1 aliphatic rings. The second-order valence-corrected chi connectivity index (χ2v) is 8.56. The molecule has 11 heteroatoms. The summed E-state index contributed by atoms with van der Waals surface area (Å²) in [7, 11) is 0. The highest BCUT2D eigenvalue weighted by Crippen LogP contribution is 2.28. The third-order valence-electron chi connectivity index (χ3n) is 5.74. The second kappa shape index (κ2) is 9.30. The van der Waals surface area contributed by atoms with Crippen molar-refractivity contribution in [1.82, 2.24) is 14.6 Å². The maximum Gasteiger partial charge on any atom is 0.273 e. The summed E-state index contributed by atoms with van der Waals surface area (Å²) in [6.45, 7) is -1.10. The topological polar surface area (TPSA) is 109 Å². The van der Waals surface area contributed by atoms with Crippen LogP contribution in [0.25, 0.3) is 10.9 Å². The predicted molar refractivity (Wildman–Crippen MR) is 120 cm³/mol. The Labute approximate surface area is 198 Å². The third kappa shape index (κ3) is 4.67. The van der Waals surface area contributed by atoms with Gasteiger partial charge in [-0.25, -0.2) is 4.39 Å². The highest BCUT2D eigenvalue weighted by molar-refractivity contribution is 6.30. The van der Waals surface area contributed by atoms with Gasteiger partial charge in [0.25, 0.3) is 11.8 Å². The highest BCUT2D eigenvalue weighted by atomic mass is 35.5. The lowest BCUT2D eigenvalue weighted by Gasteiger charge is -2.25. The summed E-state index contributed by atoms with van der Waals surface area (Å²) >= 11 is 5.89. The van der Waals surface area contributed by atoms with Crippen LogP contribution in [0.4, 0.5) is 8.87 Å². The van der Waals surface area contributed by atoms with Crippen molar-refractivity contribution >= 4 is 40.2 Å². The smallest absolute Gasteiger partial charge is 0.273 e. The number of carbonyl (C=O) groups is 3. The number of halogens is 3. The van der Waals surface area contributed by atoms with Gasteiger partial charge in [0.1, 0.15) is 24.5 Å². The zero-order valence-electron chi connectivity index (χ0n) is 17.8. The van der Waals surface area contributed by atoms with Crippen LogP contribution in [0.2, 0.25) is 5.02 Å². The van der Waals surface area contributed by atoms with Gasteiger partial charge in [-0.15, -0.1) is 0 Å². The summed E-state index contributed by atoms with van der Waals surface area (Å²) in [5.74, 6) is -2.51. The van der Waals surface area contributed by atoms with Gasteiger partial charge in [-0.2, -0.15) is 5.12 Å². The van der Waals surface area contributed by atoms with E-state index in [4.69, 9.17) is 17.3 Å². The van der Waals surface area contributed by atoms with Crippen molar-refractivity contribution in [3.8, 4) is 5.75 Å². The summed E-state index contributed by atoms with van der Waals surface area (Å²) in [6, 6.07) is 9.22. The minimum absolute atomic E-state index is 0.0479. The van der Waals surface area contributed by atoms with Gasteiger partial charge in [0.2, 0.25) is 5.91 Å². The van der Waals surface area contributed by atoms with E-state index >= 15 is 0 Å². The molecule has 0 saturated carbocycles. The fourth-order valence-electron chi connectivity index (χ4n) is 4.18. The summed E-state index contributed by atoms with van der Waals surface area (Å²) in [4.78, 5) is 38.6. The molecule has 1 aromatic heterocycles. The van der Waals surface area contributed by atoms with Crippen LogP contribution < -0.4 is 5.73 Å². The number of alkyl halides is 1. The van der Waals surface area contributed by atoms with E-state index in [1.165, 1.54) is 35.0 Å². The van der Waals surface area contributed by atoms with Gasteiger partial charge in [-0.3, -0.25) is 14.4 Å². The number of hydrogen-bond acceptors (Lipinski definition) is 4. The molecule has 1 saturated heterocycles. The molecule has 3 N–H and O–H groups in total. The van der Waals surface area contributed by atoms with Crippen LogP contribution >= 0.6 is 11.6 Å². The van der Waals surface area contributed by atoms with E-state index < -0.39 is 36.5 Å². The molecule has 2 aromatic carbocycles. The van der Waals surface area contributed by atoms with Crippen LogP contribution in [0.5, 0.6) is 5.75 Å². The largest absolute Gasteiger partial charge is 0.508 e. The number of likely N-dealkylation sites (tertiary alicyclic amines) is 1. The standard InChI is InChI=1S/C23H21ClF2N4O4/c24-14-3-1-2-13(6-14)9-30(26)23(34)20-7-15(25)10-29(20)21(32)12-28-11-18(22(27)33)17-8-16(31)4-5-19(17)28/h1-6,8,11,15,20,31H,7,9-10,12H2,(H2,27,33)/t15-,20+/m1/s1. The predicted octanol–water partition coefficient (Wildman–Crippen LogP) is 2.95. The molecule has 1 aliphatic heterocycles. The number of benzene rings is 2. The molecule has 0 spiro atoms. The lowest BCUT2D eigenvalue weighted by molar-refractivity contribution is -0.156. The molecular formula is C23H21ClF2N4O4. The van der Waals surface area contributed by atoms with E-state index in [2.05, 4.69) is 0 Å². The van der Waals surface area contributed by atoms with Crippen LogP contribution in [-0.4, -0.2) is 56.2 Å². The molecule has 8 nitrogen and oxygen atoms in total. The Hall–Kier alpha value is -3.66. The Morgan fingerprint density at radius 3 is 2.68 bits per heavy atom. The maximum atomic E-state index is 14.7. The van der Waals surface area contributed by atoms with Crippen LogP contribution in [0.3, 0.4) is 0 Å². The number of nitrogens with two attached hydrogens (primary N) is 1. The van der Waals surface area contributed by atoms with Crippen molar-refractivity contribution in [2.75, 3.05) is 6.54 Å². The van der Waals surface area contributed by atoms with Gasteiger partial charge < -0.3 is 20.3 Å². The molecule has 0 radical (unpaired) electrons. The number of nitrogens with zero attached hydrogens (tertiary/aromatic N) is 3. The Balaban J connectivity index is 1.54. The van der Waals surface area contributed by atoms with Gasteiger partial charge in [0.05, 0.1) is 18.7 Å². The van der Waals surface area contributed by atoms with Crippen molar-refractivity contribution < 1.29 is 28.4 Å². The molecule has 0 unspecified atom stereocenters. The van der Waals surface area contributed by atoms with E-state index in [0.29, 0.717) is 21.5 Å². The van der Waals surface area contributed by atoms with Crippen LogP contribution in [0.1, 0.15) is 22.3 Å². The number of phenols is 1. The first-order chi connectivity index (χ1) is 16.1. The average Bonchev–Trinajstić information content (AvgIpc) is 3.33. The van der Waals surface area contributed by atoms with Crippen molar-refractivity contribution in [1.29, 1.82) is 0 Å². The van der Waals surface area contributed by atoms with Gasteiger partial charge in [0, 0.05) is 28.5 Å². The van der Waals surface area contributed by atoms with Gasteiger partial charge in [-0.05, 0) is 35.9 Å². The SMILES string of the molecule is NC(=O)c1cn(CC(=O)N2C[C@H](F)C[C@H]2C(=O)N(F)Cc2cccc(Cl)c2)c2ccc(O)cc12. The molecule has 3 aromatic rings. The summed E-state index contributed by atoms with van der Waals surface area (Å²) in [5.41, 5.74) is 6.37. The molecule has 0 bridgehead atoms. The minimum Gasteiger partial charge on any atom is -0.508 e. The number of amides is 3. The van der Waals surface area contributed by atoms with E-state index in [9.17, 15) is 28.4 Å². The lowest BCUT2D eigenvalue weighted by Crippen LogP contribution is -2.46. The molecule has 2 heterocycles. The van der Waals surface area contributed by atoms with Crippen molar-refractivity contribution in [3.63, 3.8) is 0 Å². The van der Waals surface area contributed by atoms with Crippen molar-refractivity contribution in [2.45, 2.75) is 31.7 Å². The number of aromatic hydroxyl groups is 1. The van der Waals surface area contributed by atoms with Crippen molar-refractivity contribution in [2.24, 2.45) is 5.73 Å². The Morgan fingerprint density at radius 1 is 1.21 bits per heavy atom. The number of carbonyl (C=O) groups excluding carboxylic acids is 3. The van der Waals surface area contributed by atoms with Crippen molar-refractivity contribution in [3.05, 3.63) is 64.8 Å². The second-order valence-electron chi connectivity index (χ2n) is 8.12. The molecule has 0 aliphatic carbocycles. The number of primary amides is 1. The number of hydrogen-bond donors (Lipinski definition) is 2. The van der Waals surface area contributed by atoms with Gasteiger partial charge in [0.15, 0.2) is 0 Å². The summed E-state index contributed by atoms with van der Waals surface area (Å²) in [6.07, 6.45) is -0.463. The molecule has 34 heavy (non-hydrogen) atoms. The Bertz CT molecular complexity index is 1280. The van der Waals surface area contributed by atoms with Crippen LogP contribution in [-0.2, 0) is 22.7 Å². The number of rotatable bonds is 6. The van der Waals surface area contributed by atoms with E-state index in [1.54, 1.807) is 18.2 Å². The number of aromatic nitrogens is 1. The highest BCUT2D eigenvalue weighted by Gasteiger charge is 2.42. The Morgan fingerprint density at radius 2 is 1.97 bits per heavy atom. The molecule has 2 atom stereocenters. The van der Waals surface area contributed by atoms with E-state index in [-0.39, 0.29) is 35.9 Å². The summed E-state index contributed by atoms with van der Waals surface area (Å²) in [5, 5.41) is 10.4. The average molecular weight is 491 g/mol. The first-order valence-corrected chi connectivity index (χ1v) is 10.8. The fourth-order valence-corrected chi connectivity index (χ4v) is 4.39. The zero-order chi connectivity index (χ0) is 24.6. The number of phenolic OH excluding ortho intramolecular Hbond substituents is 1. The molecule has 1 fully saturated rings. The fraction of sp³-hybridized carbons (Fsp3) is 0.261.